The van der Waals surface area contributed by atoms with E-state index in [2.05, 4.69) is 46.8 Å². The summed E-state index contributed by atoms with van der Waals surface area (Å²) in [6, 6.07) is 0. The highest BCUT2D eigenvalue weighted by Gasteiger charge is 2.14. The van der Waals surface area contributed by atoms with Crippen molar-refractivity contribution in [2.75, 3.05) is 0 Å². The average Bonchev–Trinajstić information content (AvgIpc) is 2.25. The maximum atomic E-state index is 10.1. The smallest absolute Gasteiger partial charge is 0.0600 e. The van der Waals surface area contributed by atoms with Crippen molar-refractivity contribution in [3.8, 4) is 0 Å². The van der Waals surface area contributed by atoms with Crippen LogP contribution in [0.15, 0.2) is 23.8 Å². The molecule has 0 aliphatic rings. The zero-order valence-corrected chi connectivity index (χ0v) is 13.1. The molecule has 0 amide bonds. The van der Waals surface area contributed by atoms with Crippen molar-refractivity contribution in [2.45, 2.75) is 66.9 Å². The van der Waals surface area contributed by atoms with Gasteiger partial charge in [0.15, 0.2) is 0 Å². The van der Waals surface area contributed by atoms with Crippen LogP contribution in [-0.4, -0.2) is 11.2 Å². The Morgan fingerprint density at radius 3 is 2.22 bits per heavy atom. The fourth-order valence-corrected chi connectivity index (χ4v) is 2.48. The third-order valence-electron chi connectivity index (χ3n) is 3.39. The normalized spacial score (nSPS) is 18.3. The zero-order valence-electron chi connectivity index (χ0n) is 13.1. The summed E-state index contributed by atoms with van der Waals surface area (Å²) >= 11 is 0. The van der Waals surface area contributed by atoms with E-state index in [1.54, 1.807) is 0 Å². The van der Waals surface area contributed by atoms with Crippen LogP contribution in [0.4, 0.5) is 0 Å². The van der Waals surface area contributed by atoms with Gasteiger partial charge in [0.2, 0.25) is 0 Å². The van der Waals surface area contributed by atoms with Crippen LogP contribution in [0.25, 0.3) is 0 Å². The lowest BCUT2D eigenvalue weighted by Crippen LogP contribution is -2.17. The van der Waals surface area contributed by atoms with E-state index in [-0.39, 0.29) is 12.0 Å². The Bertz CT molecular complexity index is 263. The standard InChI is InChI=1S/C17H32O/c1-7-8-14(4)12-16(6)17(18)10-9-15(5)11-13(2)3/h7-8,12-13,15-18H,9-11H2,1-6H3/b8-7+,14-12+/t15-,16-,17-/m1/s1. The summed E-state index contributed by atoms with van der Waals surface area (Å²) in [5.74, 6) is 1.71. The monoisotopic (exact) mass is 252 g/mol. The molecule has 0 heterocycles. The summed E-state index contributed by atoms with van der Waals surface area (Å²) in [7, 11) is 0. The molecule has 0 rings (SSSR count). The van der Waals surface area contributed by atoms with Gasteiger partial charge in [-0.3, -0.25) is 0 Å². The molecule has 0 aliphatic heterocycles. The number of allylic oxidation sites excluding steroid dienone is 3. The van der Waals surface area contributed by atoms with Crippen LogP contribution in [0.3, 0.4) is 0 Å². The van der Waals surface area contributed by atoms with Crippen molar-refractivity contribution >= 4 is 0 Å². The van der Waals surface area contributed by atoms with Gasteiger partial charge in [0.25, 0.3) is 0 Å². The van der Waals surface area contributed by atoms with Gasteiger partial charge >= 0.3 is 0 Å². The van der Waals surface area contributed by atoms with Gasteiger partial charge in [0.1, 0.15) is 0 Å². The molecule has 0 aromatic rings. The van der Waals surface area contributed by atoms with Gasteiger partial charge in [0, 0.05) is 5.92 Å². The summed E-state index contributed by atoms with van der Waals surface area (Å²) in [5, 5.41) is 10.1. The first-order valence-corrected chi connectivity index (χ1v) is 7.36. The third-order valence-corrected chi connectivity index (χ3v) is 3.39. The van der Waals surface area contributed by atoms with Crippen LogP contribution in [-0.2, 0) is 0 Å². The second-order valence-electron chi connectivity index (χ2n) is 6.15. The number of rotatable bonds is 8. The molecule has 1 N–H and O–H groups in total. The molecule has 0 saturated heterocycles. The lowest BCUT2D eigenvalue weighted by atomic mass is 9.90. The van der Waals surface area contributed by atoms with E-state index in [1.165, 1.54) is 12.0 Å². The molecule has 0 spiro atoms. The summed E-state index contributed by atoms with van der Waals surface area (Å²) in [5.41, 5.74) is 1.24. The Kier molecular flexibility index (Phi) is 9.09. The molecule has 1 nitrogen and oxygen atoms in total. The minimum Gasteiger partial charge on any atom is -0.393 e. The van der Waals surface area contributed by atoms with Gasteiger partial charge in [-0.05, 0) is 44.9 Å². The molecule has 0 bridgehead atoms. The largest absolute Gasteiger partial charge is 0.393 e. The van der Waals surface area contributed by atoms with Crippen molar-refractivity contribution in [1.29, 1.82) is 0 Å². The van der Waals surface area contributed by atoms with Crippen molar-refractivity contribution < 1.29 is 5.11 Å². The topological polar surface area (TPSA) is 20.2 Å². The van der Waals surface area contributed by atoms with Crippen LogP contribution in [0.2, 0.25) is 0 Å². The van der Waals surface area contributed by atoms with Crippen LogP contribution in [0.1, 0.15) is 60.8 Å². The van der Waals surface area contributed by atoms with E-state index in [0.29, 0.717) is 5.92 Å². The van der Waals surface area contributed by atoms with Crippen molar-refractivity contribution in [3.63, 3.8) is 0 Å². The molecular formula is C17H32O. The van der Waals surface area contributed by atoms with E-state index in [0.717, 1.165) is 18.8 Å². The van der Waals surface area contributed by atoms with Crippen LogP contribution in [0.5, 0.6) is 0 Å². The van der Waals surface area contributed by atoms with E-state index < -0.39 is 0 Å². The highest BCUT2D eigenvalue weighted by atomic mass is 16.3. The van der Waals surface area contributed by atoms with Crippen molar-refractivity contribution in [1.82, 2.24) is 0 Å². The molecule has 3 atom stereocenters. The van der Waals surface area contributed by atoms with Gasteiger partial charge in [-0.15, -0.1) is 0 Å². The van der Waals surface area contributed by atoms with Crippen LogP contribution in [0, 0.1) is 17.8 Å². The highest BCUT2D eigenvalue weighted by molar-refractivity contribution is 5.16. The number of aliphatic hydroxyl groups is 1. The van der Waals surface area contributed by atoms with E-state index in [4.69, 9.17) is 0 Å². The Morgan fingerprint density at radius 2 is 1.72 bits per heavy atom. The minimum atomic E-state index is -0.209. The maximum Gasteiger partial charge on any atom is 0.0600 e. The second-order valence-corrected chi connectivity index (χ2v) is 6.15. The first-order valence-electron chi connectivity index (χ1n) is 7.36. The molecule has 106 valence electrons. The van der Waals surface area contributed by atoms with Gasteiger partial charge in [0.05, 0.1) is 6.10 Å². The molecule has 0 aliphatic carbocycles. The summed E-state index contributed by atoms with van der Waals surface area (Å²) in [6.45, 7) is 13.0. The quantitative estimate of drug-likeness (QED) is 0.605. The minimum absolute atomic E-state index is 0.209. The average molecular weight is 252 g/mol. The maximum absolute atomic E-state index is 10.1. The van der Waals surface area contributed by atoms with E-state index in [9.17, 15) is 5.11 Å². The molecular weight excluding hydrogens is 220 g/mol. The lowest BCUT2D eigenvalue weighted by molar-refractivity contribution is 0.119. The molecule has 0 aromatic heterocycles. The van der Waals surface area contributed by atoms with Gasteiger partial charge < -0.3 is 5.11 Å². The Morgan fingerprint density at radius 1 is 1.11 bits per heavy atom. The first kappa shape index (κ1) is 17.4. The number of aliphatic hydroxyl groups excluding tert-OH is 1. The van der Waals surface area contributed by atoms with E-state index >= 15 is 0 Å². The Labute approximate surface area is 114 Å². The van der Waals surface area contributed by atoms with E-state index in [1.807, 2.05) is 13.0 Å². The molecule has 0 saturated carbocycles. The van der Waals surface area contributed by atoms with Gasteiger partial charge in [-0.25, -0.2) is 0 Å². The molecule has 1 heteroatoms. The Balaban J connectivity index is 4.08. The van der Waals surface area contributed by atoms with Crippen LogP contribution < -0.4 is 0 Å². The predicted molar refractivity (Wildman–Crippen MR) is 81.6 cm³/mol. The third kappa shape index (κ3) is 8.52. The zero-order chi connectivity index (χ0) is 14.1. The first-order chi connectivity index (χ1) is 8.36. The molecule has 0 radical (unpaired) electrons. The second kappa shape index (κ2) is 9.38. The van der Waals surface area contributed by atoms with Gasteiger partial charge in [-0.2, -0.15) is 0 Å². The SMILES string of the molecule is C/C=C/C(C)=C/[C@@H](C)[C@H](O)CC[C@@H](C)CC(C)C. The molecule has 0 aromatic carbocycles. The summed E-state index contributed by atoms with van der Waals surface area (Å²) in [4.78, 5) is 0. The fourth-order valence-electron chi connectivity index (χ4n) is 2.48. The highest BCUT2D eigenvalue weighted by Crippen LogP contribution is 2.20. The lowest BCUT2D eigenvalue weighted by Gasteiger charge is -2.19. The number of hydrogen-bond acceptors (Lipinski definition) is 1. The fraction of sp³-hybridized carbons (Fsp3) is 0.765. The van der Waals surface area contributed by atoms with Gasteiger partial charge in [-0.1, -0.05) is 51.5 Å². The molecule has 18 heavy (non-hydrogen) atoms. The number of hydrogen-bond donors (Lipinski definition) is 1. The van der Waals surface area contributed by atoms with Crippen molar-refractivity contribution in [2.24, 2.45) is 17.8 Å². The summed E-state index contributed by atoms with van der Waals surface area (Å²) in [6.07, 6.45) is 9.38. The van der Waals surface area contributed by atoms with Crippen LogP contribution >= 0.6 is 0 Å². The predicted octanol–water partition coefficient (Wildman–Crippen LogP) is 4.97. The molecule has 0 unspecified atom stereocenters. The molecule has 0 fully saturated rings. The Hall–Kier alpha value is -0.560. The van der Waals surface area contributed by atoms with Crippen molar-refractivity contribution in [3.05, 3.63) is 23.8 Å². The summed E-state index contributed by atoms with van der Waals surface area (Å²) < 4.78 is 0.